The molecule has 42 heavy (non-hydrogen) atoms. The van der Waals surface area contributed by atoms with E-state index in [1.165, 1.54) is 18.3 Å². The van der Waals surface area contributed by atoms with Crippen molar-refractivity contribution in [3.8, 4) is 0 Å². The zero-order valence-corrected chi connectivity index (χ0v) is 24.9. The van der Waals surface area contributed by atoms with Crippen molar-refractivity contribution in [3.05, 3.63) is 123 Å². The van der Waals surface area contributed by atoms with Crippen LogP contribution in [0.4, 0.5) is 0 Å². The quantitative estimate of drug-likeness (QED) is 0.201. The van der Waals surface area contributed by atoms with Crippen LogP contribution in [0.25, 0.3) is 0 Å². The first-order valence-electron chi connectivity index (χ1n) is 13.8. The molecule has 2 amide bonds. The Morgan fingerprint density at radius 1 is 0.929 bits per heavy atom. The Kier molecular flexibility index (Phi) is 10.7. The van der Waals surface area contributed by atoms with Gasteiger partial charge in [0.1, 0.15) is 5.01 Å². The van der Waals surface area contributed by atoms with Gasteiger partial charge in [-0.1, -0.05) is 54.6 Å². The summed E-state index contributed by atoms with van der Waals surface area (Å²) in [5, 5.41) is 20.2. The molecule has 0 aliphatic rings. The van der Waals surface area contributed by atoms with E-state index in [9.17, 15) is 19.5 Å². The molecule has 0 fully saturated rings. The predicted octanol–water partition coefficient (Wildman–Crippen LogP) is 4.42. The van der Waals surface area contributed by atoms with Crippen molar-refractivity contribution < 1.29 is 19.5 Å². The molecule has 0 aliphatic carbocycles. The highest BCUT2D eigenvalue weighted by molar-refractivity contribution is 7.09. The summed E-state index contributed by atoms with van der Waals surface area (Å²) >= 11 is 1.50. The number of benzene rings is 3. The van der Waals surface area contributed by atoms with Crippen LogP contribution in [-0.2, 0) is 19.5 Å². The number of aliphatic hydroxyl groups is 1. The molecule has 0 saturated carbocycles. The lowest BCUT2D eigenvalue weighted by atomic mass is 10.00. The van der Waals surface area contributed by atoms with Crippen molar-refractivity contribution in [3.63, 3.8) is 0 Å². The van der Waals surface area contributed by atoms with Gasteiger partial charge in [-0.25, -0.2) is 4.98 Å². The van der Waals surface area contributed by atoms with Crippen LogP contribution < -0.4 is 10.6 Å². The number of ketones is 1. The van der Waals surface area contributed by atoms with Crippen molar-refractivity contribution >= 4 is 28.9 Å². The van der Waals surface area contributed by atoms with Crippen molar-refractivity contribution in [2.45, 2.75) is 45.5 Å². The highest BCUT2D eigenvalue weighted by Gasteiger charge is 2.23. The Morgan fingerprint density at radius 3 is 2.33 bits per heavy atom. The summed E-state index contributed by atoms with van der Waals surface area (Å²) in [7, 11) is 1.71. The molecule has 218 valence electrons. The van der Waals surface area contributed by atoms with E-state index in [1.54, 1.807) is 42.3 Å². The minimum absolute atomic E-state index is 0.00506. The number of carbonyl (C=O) groups is 3. The Bertz CT molecular complexity index is 1520. The molecule has 0 spiro atoms. The van der Waals surface area contributed by atoms with Crippen molar-refractivity contribution in [1.29, 1.82) is 0 Å². The molecular formula is C33H36N4O4S. The van der Waals surface area contributed by atoms with E-state index < -0.39 is 12.1 Å². The minimum atomic E-state index is -0.900. The summed E-state index contributed by atoms with van der Waals surface area (Å²) in [5.74, 6) is -0.594. The van der Waals surface area contributed by atoms with Crippen LogP contribution in [-0.4, -0.2) is 58.3 Å². The maximum Gasteiger partial charge on any atom is 0.253 e. The maximum atomic E-state index is 13.4. The van der Waals surface area contributed by atoms with Crippen LogP contribution in [0.5, 0.6) is 0 Å². The number of thiazole rings is 1. The van der Waals surface area contributed by atoms with Gasteiger partial charge in [-0.2, -0.15) is 0 Å². The van der Waals surface area contributed by atoms with E-state index in [2.05, 4.69) is 15.6 Å². The van der Waals surface area contributed by atoms with Crippen LogP contribution in [0.3, 0.4) is 0 Å². The van der Waals surface area contributed by atoms with Gasteiger partial charge >= 0.3 is 0 Å². The first kappa shape index (κ1) is 30.8. The first-order chi connectivity index (χ1) is 20.2. The van der Waals surface area contributed by atoms with Gasteiger partial charge in [0.2, 0.25) is 0 Å². The lowest BCUT2D eigenvalue weighted by Gasteiger charge is -2.25. The number of hydrogen-bond acceptors (Lipinski definition) is 7. The molecule has 0 saturated heterocycles. The second-order valence-corrected chi connectivity index (χ2v) is 11.3. The number of rotatable bonds is 13. The molecule has 4 aromatic rings. The average Bonchev–Trinajstić information content (AvgIpc) is 3.41. The molecule has 0 radical (unpaired) electrons. The van der Waals surface area contributed by atoms with Gasteiger partial charge < -0.3 is 20.6 Å². The zero-order valence-electron chi connectivity index (χ0n) is 24.0. The second kappa shape index (κ2) is 14.6. The van der Waals surface area contributed by atoms with Crippen LogP contribution >= 0.6 is 11.3 Å². The third-order valence-corrected chi connectivity index (χ3v) is 7.80. The Morgan fingerprint density at radius 2 is 1.62 bits per heavy atom. The molecule has 3 aromatic carbocycles. The maximum absolute atomic E-state index is 13.4. The molecule has 1 aromatic heterocycles. The van der Waals surface area contributed by atoms with E-state index in [0.717, 1.165) is 21.8 Å². The third-order valence-electron chi connectivity index (χ3n) is 6.85. The Labute approximate surface area is 250 Å². The van der Waals surface area contributed by atoms with E-state index >= 15 is 0 Å². The van der Waals surface area contributed by atoms with Gasteiger partial charge in [-0.15, -0.1) is 11.3 Å². The monoisotopic (exact) mass is 584 g/mol. The van der Waals surface area contributed by atoms with Crippen LogP contribution in [0.15, 0.2) is 84.2 Å². The first-order valence-corrected chi connectivity index (χ1v) is 14.7. The number of aliphatic hydroxyl groups excluding tert-OH is 1. The third kappa shape index (κ3) is 8.66. The molecule has 0 aliphatic heterocycles. The molecular weight excluding hydrogens is 548 g/mol. The Hall–Kier alpha value is -4.18. The summed E-state index contributed by atoms with van der Waals surface area (Å²) in [4.78, 5) is 44.2. The number of aryl methyl sites for hydroxylation is 1. The molecule has 9 heteroatoms. The fraction of sp³-hybridized carbons (Fsp3) is 0.273. The molecule has 1 heterocycles. The summed E-state index contributed by atoms with van der Waals surface area (Å²) in [6.45, 7) is 4.51. The molecule has 0 unspecified atom stereocenters. The molecule has 2 atom stereocenters. The summed E-state index contributed by atoms with van der Waals surface area (Å²) in [6, 6.07) is 23.0. The summed E-state index contributed by atoms with van der Waals surface area (Å²) in [5.41, 5.74) is 4.18. The highest BCUT2D eigenvalue weighted by Crippen LogP contribution is 2.15. The number of Topliss-reactive ketones (excluding diaryl/α,β-unsaturated/α-hetero) is 1. The zero-order chi connectivity index (χ0) is 30.1. The van der Waals surface area contributed by atoms with Crippen molar-refractivity contribution in [2.75, 3.05) is 13.6 Å². The molecule has 4 rings (SSSR count). The largest absolute Gasteiger partial charge is 0.390 e. The van der Waals surface area contributed by atoms with Gasteiger partial charge in [-0.3, -0.25) is 14.4 Å². The lowest BCUT2D eigenvalue weighted by Crippen LogP contribution is -2.48. The number of amides is 2. The van der Waals surface area contributed by atoms with Gasteiger partial charge in [0.25, 0.3) is 11.8 Å². The number of carbonyl (C=O) groups excluding carboxylic acids is 3. The Balaban J connectivity index is 1.42. The van der Waals surface area contributed by atoms with E-state index in [0.29, 0.717) is 36.2 Å². The summed E-state index contributed by atoms with van der Waals surface area (Å²) < 4.78 is 0. The van der Waals surface area contributed by atoms with Crippen LogP contribution in [0.2, 0.25) is 0 Å². The smallest absolute Gasteiger partial charge is 0.253 e. The van der Waals surface area contributed by atoms with Crippen molar-refractivity contribution in [2.24, 2.45) is 0 Å². The van der Waals surface area contributed by atoms with Crippen LogP contribution in [0, 0.1) is 6.92 Å². The van der Waals surface area contributed by atoms with E-state index in [-0.39, 0.29) is 24.1 Å². The number of hydrogen-bond donors (Lipinski definition) is 3. The molecule has 0 bridgehead atoms. The molecule has 8 nitrogen and oxygen atoms in total. The standard InChI is InChI=1S/C33H36N4O4S/c1-22-21-42-31(35-22)20-37(3)33(41)28-14-8-13-27(17-28)32(40)36-29(16-24-9-5-4-6-10-24)30(39)19-34-18-25-11-7-12-26(15-25)23(2)38/h4-15,17,21,29-30,34,39H,16,18-20H2,1-3H3,(H,36,40)/t29-,30+/m0/s1. The van der Waals surface area contributed by atoms with Gasteiger partial charge in [0.15, 0.2) is 5.78 Å². The van der Waals surface area contributed by atoms with Crippen molar-refractivity contribution in [1.82, 2.24) is 20.5 Å². The normalized spacial score (nSPS) is 12.4. The van der Waals surface area contributed by atoms with E-state index in [1.807, 2.05) is 60.8 Å². The topological polar surface area (TPSA) is 112 Å². The average molecular weight is 585 g/mol. The fourth-order valence-electron chi connectivity index (χ4n) is 4.57. The summed E-state index contributed by atoms with van der Waals surface area (Å²) in [6.07, 6.45) is -0.480. The SMILES string of the molecule is CC(=O)c1cccc(CNC[C@@H](O)[C@H](Cc2ccccc2)NC(=O)c2cccc(C(=O)N(C)Cc3nc(C)cs3)c2)c1. The highest BCUT2D eigenvalue weighted by atomic mass is 32.1. The van der Waals surface area contributed by atoms with Gasteiger partial charge in [0.05, 0.1) is 18.7 Å². The fourth-order valence-corrected chi connectivity index (χ4v) is 5.40. The molecule has 3 N–H and O–H groups in total. The van der Waals surface area contributed by atoms with Gasteiger partial charge in [0, 0.05) is 47.9 Å². The van der Waals surface area contributed by atoms with Crippen LogP contribution in [0.1, 0.15) is 59.8 Å². The predicted molar refractivity (Wildman–Crippen MR) is 165 cm³/mol. The minimum Gasteiger partial charge on any atom is -0.390 e. The van der Waals surface area contributed by atoms with E-state index in [4.69, 9.17) is 0 Å². The number of nitrogens with one attached hydrogen (secondary N) is 2. The lowest BCUT2D eigenvalue weighted by molar-refractivity contribution is 0.0784. The second-order valence-electron chi connectivity index (χ2n) is 10.3. The number of nitrogens with zero attached hydrogens (tertiary/aromatic N) is 2. The van der Waals surface area contributed by atoms with Gasteiger partial charge in [-0.05, 0) is 55.7 Å². The number of aromatic nitrogens is 1.